The number of carbonyl (C=O) groups excluding carboxylic acids is 1. The highest BCUT2D eigenvalue weighted by molar-refractivity contribution is 5.91. The SMILES string of the molecule is CCc1ccccc1NC(=O)CCOc1ccccc1F. The highest BCUT2D eigenvalue weighted by Crippen LogP contribution is 2.17. The molecule has 0 saturated heterocycles. The Hall–Kier alpha value is -2.36. The van der Waals surface area contributed by atoms with Gasteiger partial charge in [-0.25, -0.2) is 4.39 Å². The predicted molar refractivity (Wildman–Crippen MR) is 81.0 cm³/mol. The molecule has 2 aromatic rings. The number of carbonyl (C=O) groups is 1. The average molecular weight is 287 g/mol. The molecule has 0 atom stereocenters. The number of hydrogen-bond acceptors (Lipinski definition) is 2. The van der Waals surface area contributed by atoms with Gasteiger partial charge >= 0.3 is 0 Å². The fourth-order valence-corrected chi connectivity index (χ4v) is 1.98. The van der Waals surface area contributed by atoms with E-state index in [-0.39, 0.29) is 24.7 Å². The lowest BCUT2D eigenvalue weighted by atomic mass is 10.1. The molecule has 0 unspecified atom stereocenters. The summed E-state index contributed by atoms with van der Waals surface area (Å²) in [6.45, 7) is 2.17. The van der Waals surface area contributed by atoms with Gasteiger partial charge < -0.3 is 10.1 Å². The summed E-state index contributed by atoms with van der Waals surface area (Å²) in [6.07, 6.45) is 1.02. The quantitative estimate of drug-likeness (QED) is 0.877. The first kappa shape index (κ1) is 15.0. The molecule has 0 bridgehead atoms. The Labute approximate surface area is 123 Å². The number of anilines is 1. The van der Waals surface area contributed by atoms with E-state index in [0.717, 1.165) is 17.7 Å². The minimum absolute atomic E-state index is 0.140. The van der Waals surface area contributed by atoms with Crippen LogP contribution in [-0.2, 0) is 11.2 Å². The van der Waals surface area contributed by atoms with Crippen molar-refractivity contribution in [3.63, 3.8) is 0 Å². The summed E-state index contributed by atoms with van der Waals surface area (Å²) >= 11 is 0. The Balaban J connectivity index is 1.84. The molecule has 4 heteroatoms. The molecule has 2 aromatic carbocycles. The molecule has 3 nitrogen and oxygen atoms in total. The maximum absolute atomic E-state index is 13.3. The van der Waals surface area contributed by atoms with Crippen molar-refractivity contribution in [1.82, 2.24) is 0 Å². The summed E-state index contributed by atoms with van der Waals surface area (Å²) < 4.78 is 18.6. The summed E-state index contributed by atoms with van der Waals surface area (Å²) in [7, 11) is 0. The van der Waals surface area contributed by atoms with Crippen LogP contribution in [-0.4, -0.2) is 12.5 Å². The van der Waals surface area contributed by atoms with E-state index in [2.05, 4.69) is 5.32 Å². The molecule has 1 N–H and O–H groups in total. The number of benzene rings is 2. The molecule has 0 heterocycles. The number of nitrogens with one attached hydrogen (secondary N) is 1. The predicted octanol–water partition coefficient (Wildman–Crippen LogP) is 3.80. The van der Waals surface area contributed by atoms with Gasteiger partial charge in [-0.15, -0.1) is 0 Å². The smallest absolute Gasteiger partial charge is 0.227 e. The van der Waals surface area contributed by atoms with Crippen LogP contribution in [0.2, 0.25) is 0 Å². The second-order valence-electron chi connectivity index (χ2n) is 4.59. The molecule has 1 amide bonds. The van der Waals surface area contributed by atoms with Crippen LogP contribution in [0, 0.1) is 5.82 Å². The summed E-state index contributed by atoms with van der Waals surface area (Å²) in [5.41, 5.74) is 1.90. The van der Waals surface area contributed by atoms with Crippen molar-refractivity contribution in [2.75, 3.05) is 11.9 Å². The molecule has 2 rings (SSSR count). The third-order valence-electron chi connectivity index (χ3n) is 3.10. The van der Waals surface area contributed by atoms with Gasteiger partial charge in [-0.3, -0.25) is 4.79 Å². The maximum atomic E-state index is 13.3. The van der Waals surface area contributed by atoms with Crippen molar-refractivity contribution in [3.05, 3.63) is 59.9 Å². The first-order chi connectivity index (χ1) is 10.2. The zero-order valence-electron chi connectivity index (χ0n) is 11.9. The standard InChI is InChI=1S/C17H18FNO2/c1-2-13-7-3-5-9-15(13)19-17(20)11-12-21-16-10-6-4-8-14(16)18/h3-10H,2,11-12H2,1H3,(H,19,20). The lowest BCUT2D eigenvalue weighted by molar-refractivity contribution is -0.116. The van der Waals surface area contributed by atoms with Crippen molar-refractivity contribution in [1.29, 1.82) is 0 Å². The molecule has 110 valence electrons. The van der Waals surface area contributed by atoms with Gasteiger partial charge in [0.15, 0.2) is 11.6 Å². The van der Waals surface area contributed by atoms with E-state index in [1.54, 1.807) is 18.2 Å². The van der Waals surface area contributed by atoms with E-state index in [1.807, 2.05) is 31.2 Å². The molecule has 0 aliphatic carbocycles. The van der Waals surface area contributed by atoms with Crippen LogP contribution in [0.5, 0.6) is 5.75 Å². The molecule has 0 spiro atoms. The maximum Gasteiger partial charge on any atom is 0.227 e. The van der Waals surface area contributed by atoms with Crippen LogP contribution < -0.4 is 10.1 Å². The minimum Gasteiger partial charge on any atom is -0.490 e. The second-order valence-corrected chi connectivity index (χ2v) is 4.59. The van der Waals surface area contributed by atoms with E-state index in [9.17, 15) is 9.18 Å². The number of amides is 1. The zero-order chi connectivity index (χ0) is 15.1. The number of rotatable bonds is 6. The molecule has 0 aliphatic heterocycles. The van der Waals surface area contributed by atoms with Crippen LogP contribution in [0.4, 0.5) is 10.1 Å². The highest BCUT2D eigenvalue weighted by Gasteiger charge is 2.07. The Kier molecular flexibility index (Phi) is 5.32. The van der Waals surface area contributed by atoms with Gasteiger partial charge in [0.05, 0.1) is 13.0 Å². The second kappa shape index (κ2) is 7.43. The number of para-hydroxylation sites is 2. The molecule has 0 radical (unpaired) electrons. The van der Waals surface area contributed by atoms with E-state index < -0.39 is 5.82 Å². The Bertz CT molecular complexity index is 613. The fraction of sp³-hybridized carbons (Fsp3) is 0.235. The normalized spacial score (nSPS) is 10.2. The summed E-state index contributed by atoms with van der Waals surface area (Å²) in [5.74, 6) is -0.402. The van der Waals surface area contributed by atoms with Crippen LogP contribution >= 0.6 is 0 Å². The number of aryl methyl sites for hydroxylation is 1. The van der Waals surface area contributed by atoms with Gasteiger partial charge in [-0.2, -0.15) is 0 Å². The topological polar surface area (TPSA) is 38.3 Å². The van der Waals surface area contributed by atoms with Gasteiger partial charge in [-0.1, -0.05) is 37.3 Å². The van der Waals surface area contributed by atoms with Crippen LogP contribution in [0.3, 0.4) is 0 Å². The van der Waals surface area contributed by atoms with E-state index >= 15 is 0 Å². The minimum atomic E-state index is -0.422. The first-order valence-corrected chi connectivity index (χ1v) is 6.95. The summed E-state index contributed by atoms with van der Waals surface area (Å²) in [5, 5.41) is 2.85. The van der Waals surface area contributed by atoms with Gasteiger partial charge in [0.25, 0.3) is 0 Å². The molecule has 0 aliphatic rings. The van der Waals surface area contributed by atoms with Crippen molar-refractivity contribution >= 4 is 11.6 Å². The van der Waals surface area contributed by atoms with Gasteiger partial charge in [0, 0.05) is 5.69 Å². The molecule has 0 fully saturated rings. The van der Waals surface area contributed by atoms with Gasteiger partial charge in [0.1, 0.15) is 0 Å². The molecule has 21 heavy (non-hydrogen) atoms. The Morgan fingerprint density at radius 3 is 2.62 bits per heavy atom. The zero-order valence-corrected chi connectivity index (χ0v) is 11.9. The van der Waals surface area contributed by atoms with E-state index in [1.165, 1.54) is 6.07 Å². The third-order valence-corrected chi connectivity index (χ3v) is 3.10. The summed E-state index contributed by atoms with van der Waals surface area (Å²) in [6, 6.07) is 13.8. The van der Waals surface area contributed by atoms with E-state index in [0.29, 0.717) is 0 Å². The van der Waals surface area contributed by atoms with Crippen molar-refractivity contribution < 1.29 is 13.9 Å². The van der Waals surface area contributed by atoms with Crippen molar-refractivity contribution in [2.45, 2.75) is 19.8 Å². The largest absolute Gasteiger partial charge is 0.490 e. The van der Waals surface area contributed by atoms with Crippen LogP contribution in [0.1, 0.15) is 18.9 Å². The molecular weight excluding hydrogens is 269 g/mol. The number of ether oxygens (including phenoxy) is 1. The number of halogens is 1. The lowest BCUT2D eigenvalue weighted by Gasteiger charge is -2.10. The Morgan fingerprint density at radius 2 is 1.86 bits per heavy atom. The third kappa shape index (κ3) is 4.31. The molecule has 0 saturated carbocycles. The first-order valence-electron chi connectivity index (χ1n) is 6.95. The van der Waals surface area contributed by atoms with Crippen LogP contribution in [0.15, 0.2) is 48.5 Å². The average Bonchev–Trinajstić information content (AvgIpc) is 2.50. The highest BCUT2D eigenvalue weighted by atomic mass is 19.1. The molecule has 0 aromatic heterocycles. The van der Waals surface area contributed by atoms with E-state index in [4.69, 9.17) is 4.74 Å². The molecular formula is C17H18FNO2. The lowest BCUT2D eigenvalue weighted by Crippen LogP contribution is -2.16. The summed E-state index contributed by atoms with van der Waals surface area (Å²) in [4.78, 5) is 11.9. The fourth-order valence-electron chi connectivity index (χ4n) is 1.98. The van der Waals surface area contributed by atoms with Crippen molar-refractivity contribution in [2.24, 2.45) is 0 Å². The van der Waals surface area contributed by atoms with Gasteiger partial charge in [0.2, 0.25) is 5.91 Å². The van der Waals surface area contributed by atoms with Gasteiger partial charge in [-0.05, 0) is 30.2 Å². The van der Waals surface area contributed by atoms with Crippen molar-refractivity contribution in [3.8, 4) is 5.75 Å². The Morgan fingerprint density at radius 1 is 1.14 bits per heavy atom. The van der Waals surface area contributed by atoms with Crippen LogP contribution in [0.25, 0.3) is 0 Å². The number of hydrogen-bond donors (Lipinski definition) is 1. The monoisotopic (exact) mass is 287 g/mol.